The minimum atomic E-state index is -0.177. The van der Waals surface area contributed by atoms with Crippen molar-refractivity contribution in [2.75, 3.05) is 18.0 Å². The molecule has 29 heavy (non-hydrogen) atoms. The zero-order valence-corrected chi connectivity index (χ0v) is 20.0. The first-order valence-electron chi connectivity index (χ1n) is 11.6. The van der Waals surface area contributed by atoms with Crippen LogP contribution in [0.1, 0.15) is 77.8 Å². The SMILES string of the molecule is C#CC(C(C)C)C(C)CC.Cc1cc(C)cc(N2CCCCC(CC(C)O)C2)c1. The Bertz CT molecular complexity index is 608. The van der Waals surface area contributed by atoms with Crippen molar-refractivity contribution in [3.63, 3.8) is 0 Å². The van der Waals surface area contributed by atoms with Crippen LogP contribution in [0.4, 0.5) is 5.69 Å². The molecule has 1 aliphatic rings. The lowest BCUT2D eigenvalue weighted by molar-refractivity contribution is 0.159. The molecule has 1 heterocycles. The summed E-state index contributed by atoms with van der Waals surface area (Å²) in [5, 5.41) is 9.62. The summed E-state index contributed by atoms with van der Waals surface area (Å²) in [5.41, 5.74) is 4.03. The molecule has 1 saturated heterocycles. The molecule has 164 valence electrons. The number of rotatable bonds is 6. The first kappa shape index (κ1) is 25.6. The van der Waals surface area contributed by atoms with Crippen LogP contribution in [0.3, 0.4) is 0 Å². The van der Waals surface area contributed by atoms with E-state index in [1.54, 1.807) is 0 Å². The van der Waals surface area contributed by atoms with E-state index < -0.39 is 0 Å². The van der Waals surface area contributed by atoms with Gasteiger partial charge in [-0.15, -0.1) is 12.3 Å². The monoisotopic (exact) mass is 399 g/mol. The Balaban J connectivity index is 0.000000359. The second-order valence-corrected chi connectivity index (χ2v) is 9.56. The highest BCUT2D eigenvalue weighted by Gasteiger charge is 2.20. The summed E-state index contributed by atoms with van der Waals surface area (Å²) in [6.07, 6.45) is 11.2. The summed E-state index contributed by atoms with van der Waals surface area (Å²) in [7, 11) is 0. The van der Waals surface area contributed by atoms with Crippen LogP contribution in [0.25, 0.3) is 0 Å². The Labute approximate surface area is 181 Å². The van der Waals surface area contributed by atoms with Crippen molar-refractivity contribution in [2.45, 2.75) is 86.7 Å². The summed E-state index contributed by atoms with van der Waals surface area (Å²) >= 11 is 0. The van der Waals surface area contributed by atoms with Gasteiger partial charge >= 0.3 is 0 Å². The van der Waals surface area contributed by atoms with E-state index in [0.29, 0.717) is 23.7 Å². The zero-order chi connectivity index (χ0) is 22.0. The Morgan fingerprint density at radius 1 is 1.10 bits per heavy atom. The largest absolute Gasteiger partial charge is 0.393 e. The van der Waals surface area contributed by atoms with Crippen LogP contribution >= 0.6 is 0 Å². The van der Waals surface area contributed by atoms with Crippen LogP contribution < -0.4 is 4.90 Å². The highest BCUT2D eigenvalue weighted by molar-refractivity contribution is 5.51. The number of nitrogens with zero attached hydrogens (tertiary/aromatic N) is 1. The molecule has 1 N–H and O–H groups in total. The van der Waals surface area contributed by atoms with E-state index in [9.17, 15) is 5.11 Å². The van der Waals surface area contributed by atoms with Gasteiger partial charge in [0.05, 0.1) is 6.10 Å². The topological polar surface area (TPSA) is 23.5 Å². The molecule has 0 saturated carbocycles. The molecule has 2 nitrogen and oxygen atoms in total. The van der Waals surface area contributed by atoms with Crippen molar-refractivity contribution in [1.29, 1.82) is 0 Å². The second kappa shape index (κ2) is 13.0. The van der Waals surface area contributed by atoms with E-state index in [2.05, 4.69) is 70.6 Å². The molecule has 0 spiro atoms. The number of anilines is 1. The molecule has 2 heteroatoms. The first-order valence-corrected chi connectivity index (χ1v) is 11.6. The second-order valence-electron chi connectivity index (χ2n) is 9.56. The van der Waals surface area contributed by atoms with Gasteiger partial charge in [-0.3, -0.25) is 0 Å². The Morgan fingerprint density at radius 2 is 1.72 bits per heavy atom. The van der Waals surface area contributed by atoms with Crippen molar-refractivity contribution in [3.8, 4) is 12.3 Å². The van der Waals surface area contributed by atoms with Crippen LogP contribution in [-0.4, -0.2) is 24.3 Å². The normalized spacial score (nSPS) is 20.1. The molecule has 0 aliphatic carbocycles. The van der Waals surface area contributed by atoms with Crippen LogP contribution in [0, 0.1) is 49.9 Å². The maximum atomic E-state index is 9.62. The number of benzene rings is 1. The number of hydrogen-bond donors (Lipinski definition) is 1. The lowest BCUT2D eigenvalue weighted by Gasteiger charge is -2.27. The minimum absolute atomic E-state index is 0.177. The standard InChI is InChI=1S/C17H27NO.C10H18/c1-13-8-14(2)10-17(9-13)18-7-5-4-6-16(12-18)11-15(3)19;1-6-9(5)10(7-2)8(3)4/h8-10,15-16,19H,4-7,11-12H2,1-3H3;2,8-10H,6H2,1,3-5H3. The molecule has 1 aromatic carbocycles. The van der Waals surface area contributed by atoms with Crippen molar-refractivity contribution in [3.05, 3.63) is 29.3 Å². The first-order chi connectivity index (χ1) is 13.7. The van der Waals surface area contributed by atoms with Gasteiger partial charge in [0.25, 0.3) is 0 Å². The van der Waals surface area contributed by atoms with Crippen molar-refractivity contribution in [2.24, 2.45) is 23.7 Å². The summed E-state index contributed by atoms with van der Waals surface area (Å²) in [6, 6.07) is 6.81. The van der Waals surface area contributed by atoms with Gasteiger partial charge in [-0.2, -0.15) is 0 Å². The molecule has 2 rings (SSSR count). The van der Waals surface area contributed by atoms with Crippen LogP contribution in [-0.2, 0) is 0 Å². The van der Waals surface area contributed by atoms with Gasteiger partial charge in [-0.1, -0.05) is 46.6 Å². The average molecular weight is 400 g/mol. The van der Waals surface area contributed by atoms with E-state index in [-0.39, 0.29) is 6.10 Å². The summed E-state index contributed by atoms with van der Waals surface area (Å²) in [6.45, 7) is 17.3. The lowest BCUT2D eigenvalue weighted by atomic mass is 9.84. The molecule has 4 atom stereocenters. The van der Waals surface area contributed by atoms with Gasteiger partial charge in [0.15, 0.2) is 0 Å². The average Bonchev–Trinajstić information content (AvgIpc) is 2.86. The summed E-state index contributed by atoms with van der Waals surface area (Å²) in [4.78, 5) is 2.51. The quantitative estimate of drug-likeness (QED) is 0.543. The fourth-order valence-electron chi connectivity index (χ4n) is 4.54. The summed E-state index contributed by atoms with van der Waals surface area (Å²) < 4.78 is 0. The number of hydrogen-bond acceptors (Lipinski definition) is 2. The van der Waals surface area contributed by atoms with Crippen LogP contribution in [0.5, 0.6) is 0 Å². The van der Waals surface area contributed by atoms with Crippen LogP contribution in [0.2, 0.25) is 0 Å². The molecule has 0 amide bonds. The molecule has 0 aromatic heterocycles. The maximum Gasteiger partial charge on any atom is 0.0515 e. The predicted molar refractivity (Wildman–Crippen MR) is 128 cm³/mol. The molecule has 4 unspecified atom stereocenters. The molecule has 1 aromatic rings. The van der Waals surface area contributed by atoms with Gasteiger partial charge < -0.3 is 10.0 Å². The Kier molecular flexibility index (Phi) is 11.4. The number of aliphatic hydroxyl groups excluding tert-OH is 1. The number of aryl methyl sites for hydroxylation is 2. The van der Waals surface area contributed by atoms with Gasteiger partial charge in [-0.05, 0) is 81.0 Å². The van der Waals surface area contributed by atoms with Gasteiger partial charge in [-0.25, -0.2) is 0 Å². The summed E-state index contributed by atoms with van der Waals surface area (Å²) in [5.74, 6) is 5.24. The fourth-order valence-corrected chi connectivity index (χ4v) is 4.54. The number of terminal acetylenes is 1. The molecule has 1 aliphatic heterocycles. The number of aliphatic hydroxyl groups is 1. The third-order valence-electron chi connectivity index (χ3n) is 6.18. The molecule has 0 bridgehead atoms. The molecular weight excluding hydrogens is 354 g/mol. The molecule has 1 fully saturated rings. The fraction of sp³-hybridized carbons (Fsp3) is 0.704. The van der Waals surface area contributed by atoms with E-state index in [4.69, 9.17) is 6.42 Å². The van der Waals surface area contributed by atoms with E-state index in [0.717, 1.165) is 19.5 Å². The predicted octanol–water partition coefficient (Wildman–Crippen LogP) is 6.62. The van der Waals surface area contributed by atoms with E-state index >= 15 is 0 Å². The maximum absolute atomic E-state index is 9.62. The van der Waals surface area contributed by atoms with Crippen molar-refractivity contribution >= 4 is 5.69 Å². The zero-order valence-electron chi connectivity index (χ0n) is 20.0. The van der Waals surface area contributed by atoms with Crippen molar-refractivity contribution in [1.82, 2.24) is 0 Å². The molecular formula is C27H45NO. The Morgan fingerprint density at radius 3 is 2.17 bits per heavy atom. The van der Waals surface area contributed by atoms with Crippen LogP contribution in [0.15, 0.2) is 18.2 Å². The third kappa shape index (κ3) is 9.26. The van der Waals surface area contributed by atoms with Crippen molar-refractivity contribution < 1.29 is 5.11 Å². The molecule has 0 radical (unpaired) electrons. The highest BCUT2D eigenvalue weighted by Crippen LogP contribution is 2.27. The van der Waals surface area contributed by atoms with E-state index in [1.807, 2.05) is 6.92 Å². The van der Waals surface area contributed by atoms with Gasteiger partial charge in [0.2, 0.25) is 0 Å². The van der Waals surface area contributed by atoms with Gasteiger partial charge in [0.1, 0.15) is 0 Å². The third-order valence-corrected chi connectivity index (χ3v) is 6.18. The van der Waals surface area contributed by atoms with Gasteiger partial charge in [0, 0.05) is 24.7 Å². The Hall–Kier alpha value is -1.46. The lowest BCUT2D eigenvalue weighted by Crippen LogP contribution is -2.29. The highest BCUT2D eigenvalue weighted by atomic mass is 16.3. The van der Waals surface area contributed by atoms with E-state index in [1.165, 1.54) is 42.5 Å². The minimum Gasteiger partial charge on any atom is -0.393 e. The smallest absolute Gasteiger partial charge is 0.0515 e.